The molecule has 1 aromatic heterocycles. The summed E-state index contributed by atoms with van der Waals surface area (Å²) in [6.45, 7) is 1.90. The topological polar surface area (TPSA) is 121 Å². The Balaban J connectivity index is 1.77. The Morgan fingerprint density at radius 2 is 1.82 bits per heavy atom. The fourth-order valence-corrected chi connectivity index (χ4v) is 4.04. The molecule has 0 saturated carbocycles. The van der Waals surface area contributed by atoms with E-state index in [1.54, 1.807) is 38.4 Å². The molecule has 0 saturated heterocycles. The third-order valence-electron chi connectivity index (χ3n) is 5.77. The molecule has 0 radical (unpaired) electrons. The SMILES string of the molecule is COc1cc2cc(c1OC)CN(C)CC(=O)N(C)CCCNc1ncnc3c1/C(=C/N2)C(=O)N3. The molecule has 11 nitrogen and oxygen atoms in total. The van der Waals surface area contributed by atoms with Crippen LogP contribution in [0.3, 0.4) is 0 Å². The van der Waals surface area contributed by atoms with Crippen LogP contribution in [0.15, 0.2) is 24.7 Å². The van der Waals surface area contributed by atoms with Crippen molar-refractivity contribution in [1.29, 1.82) is 0 Å². The minimum absolute atomic E-state index is 0.0219. The number of nitrogens with one attached hydrogen (secondary N) is 3. The molecular formula is C23H29N7O4. The molecular weight excluding hydrogens is 438 g/mol. The van der Waals surface area contributed by atoms with Gasteiger partial charge in [0.2, 0.25) is 5.91 Å². The fraction of sp³-hybridized carbons (Fsp3) is 0.391. The first kappa shape index (κ1) is 23.3. The van der Waals surface area contributed by atoms with Gasteiger partial charge in [-0.15, -0.1) is 0 Å². The van der Waals surface area contributed by atoms with E-state index in [0.717, 1.165) is 12.0 Å². The Hall–Kier alpha value is -3.86. The zero-order valence-corrected chi connectivity index (χ0v) is 19.8. The Morgan fingerprint density at radius 1 is 1.03 bits per heavy atom. The van der Waals surface area contributed by atoms with Gasteiger partial charge < -0.3 is 30.3 Å². The van der Waals surface area contributed by atoms with Crippen molar-refractivity contribution in [2.24, 2.45) is 0 Å². The highest BCUT2D eigenvalue weighted by molar-refractivity contribution is 6.32. The maximum atomic E-state index is 12.7. The molecule has 0 spiro atoms. The molecule has 3 N–H and O–H groups in total. The third kappa shape index (κ3) is 4.74. The molecule has 2 aromatic rings. The quantitative estimate of drug-likeness (QED) is 0.605. The van der Waals surface area contributed by atoms with Crippen molar-refractivity contribution >= 4 is 34.7 Å². The summed E-state index contributed by atoms with van der Waals surface area (Å²) in [7, 11) is 6.83. The second kappa shape index (κ2) is 9.96. The summed E-state index contributed by atoms with van der Waals surface area (Å²) in [6, 6.07) is 3.70. The van der Waals surface area contributed by atoms with Crippen molar-refractivity contribution in [2.45, 2.75) is 13.0 Å². The van der Waals surface area contributed by atoms with Crippen LogP contribution in [0.5, 0.6) is 11.5 Å². The van der Waals surface area contributed by atoms with Crippen molar-refractivity contribution in [3.05, 3.63) is 35.8 Å². The molecule has 0 atom stereocenters. The van der Waals surface area contributed by atoms with Gasteiger partial charge in [-0.25, -0.2) is 9.97 Å². The summed E-state index contributed by atoms with van der Waals surface area (Å²) in [4.78, 5) is 37.6. The number of carbonyl (C=O) groups excluding carboxylic acids is 2. The number of ether oxygens (including phenoxy) is 2. The van der Waals surface area contributed by atoms with Crippen LogP contribution in [-0.4, -0.2) is 79.5 Å². The lowest BCUT2D eigenvalue weighted by molar-refractivity contribution is -0.131. The smallest absolute Gasteiger partial charge is 0.259 e. The van der Waals surface area contributed by atoms with Crippen LogP contribution < -0.4 is 25.4 Å². The number of amides is 2. The van der Waals surface area contributed by atoms with Gasteiger partial charge in [-0.05, 0) is 19.5 Å². The normalized spacial score (nSPS) is 18.6. The van der Waals surface area contributed by atoms with Crippen LogP contribution in [-0.2, 0) is 16.1 Å². The molecule has 4 rings (SSSR count). The Bertz CT molecular complexity index is 1130. The van der Waals surface area contributed by atoms with E-state index in [1.807, 2.05) is 18.0 Å². The first-order valence-corrected chi connectivity index (χ1v) is 11.0. The number of anilines is 3. The molecule has 34 heavy (non-hydrogen) atoms. The third-order valence-corrected chi connectivity index (χ3v) is 5.77. The molecule has 2 bridgehead atoms. The maximum Gasteiger partial charge on any atom is 0.259 e. The zero-order valence-electron chi connectivity index (χ0n) is 19.8. The molecule has 2 amide bonds. The fourth-order valence-electron chi connectivity index (χ4n) is 4.04. The summed E-state index contributed by atoms with van der Waals surface area (Å²) in [6.07, 6.45) is 3.77. The molecule has 11 heteroatoms. The van der Waals surface area contributed by atoms with Crippen LogP contribution >= 0.6 is 0 Å². The summed E-state index contributed by atoms with van der Waals surface area (Å²) >= 11 is 0. The highest BCUT2D eigenvalue weighted by atomic mass is 16.5. The van der Waals surface area contributed by atoms with Gasteiger partial charge in [0.05, 0.1) is 31.9 Å². The van der Waals surface area contributed by atoms with Gasteiger partial charge in [0.15, 0.2) is 11.5 Å². The van der Waals surface area contributed by atoms with E-state index in [2.05, 4.69) is 25.9 Å². The van der Waals surface area contributed by atoms with E-state index in [9.17, 15) is 9.59 Å². The van der Waals surface area contributed by atoms with Crippen molar-refractivity contribution in [1.82, 2.24) is 19.8 Å². The standard InChI is InChI=1S/C23H29N7O4/c1-29-11-14-8-15(9-17(33-3)20(14)34-4)25-10-16-19-21(26-13-27-22(19)28-23(16)32)24-6-5-7-30(2)18(31)12-29/h8-10,13,25H,5-7,11-12H2,1-4H3,(H2,24,26,27,28,32)/b16-10-. The predicted octanol–water partition coefficient (Wildman–Crippen LogP) is 1.60. The first-order chi connectivity index (χ1) is 16.4. The van der Waals surface area contributed by atoms with Crippen LogP contribution in [0.25, 0.3) is 5.57 Å². The molecule has 2 aliphatic heterocycles. The van der Waals surface area contributed by atoms with E-state index < -0.39 is 0 Å². The second-order valence-electron chi connectivity index (χ2n) is 8.24. The van der Waals surface area contributed by atoms with E-state index in [4.69, 9.17) is 9.47 Å². The number of fused-ring (bicyclic) bond motifs is 2. The minimum Gasteiger partial charge on any atom is -0.493 e. The highest BCUT2D eigenvalue weighted by Gasteiger charge is 2.29. The number of nitrogens with zero attached hydrogens (tertiary/aromatic N) is 4. The molecule has 3 heterocycles. The number of likely N-dealkylation sites (N-methyl/N-ethyl adjacent to an activating group) is 2. The Morgan fingerprint density at radius 3 is 2.59 bits per heavy atom. The summed E-state index contributed by atoms with van der Waals surface area (Å²) in [5, 5.41) is 9.26. The summed E-state index contributed by atoms with van der Waals surface area (Å²) < 4.78 is 11.1. The van der Waals surface area contributed by atoms with Crippen molar-refractivity contribution in [3.63, 3.8) is 0 Å². The van der Waals surface area contributed by atoms with Crippen molar-refractivity contribution in [3.8, 4) is 11.5 Å². The monoisotopic (exact) mass is 467 g/mol. The summed E-state index contributed by atoms with van der Waals surface area (Å²) in [5.74, 6) is 1.90. The molecule has 2 aliphatic rings. The average Bonchev–Trinajstić information content (AvgIpc) is 3.14. The number of hydrogen-bond donors (Lipinski definition) is 3. The molecule has 180 valence electrons. The van der Waals surface area contributed by atoms with E-state index >= 15 is 0 Å². The van der Waals surface area contributed by atoms with Crippen LogP contribution in [0, 0.1) is 0 Å². The number of methoxy groups -OCH3 is 2. The predicted molar refractivity (Wildman–Crippen MR) is 129 cm³/mol. The van der Waals surface area contributed by atoms with Gasteiger partial charge in [0.25, 0.3) is 5.91 Å². The largest absolute Gasteiger partial charge is 0.493 e. The van der Waals surface area contributed by atoms with Gasteiger partial charge in [0, 0.05) is 50.2 Å². The zero-order chi connectivity index (χ0) is 24.2. The van der Waals surface area contributed by atoms with Crippen LogP contribution in [0.1, 0.15) is 17.5 Å². The molecule has 0 unspecified atom stereocenters. The van der Waals surface area contributed by atoms with E-state index in [-0.39, 0.29) is 18.4 Å². The van der Waals surface area contributed by atoms with Crippen molar-refractivity contribution in [2.75, 3.05) is 63.9 Å². The lowest BCUT2D eigenvalue weighted by atomic mass is 10.1. The lowest BCUT2D eigenvalue weighted by Gasteiger charge is -2.23. The lowest BCUT2D eigenvalue weighted by Crippen LogP contribution is -2.37. The van der Waals surface area contributed by atoms with Gasteiger partial charge in [0.1, 0.15) is 18.0 Å². The molecule has 0 fully saturated rings. The van der Waals surface area contributed by atoms with Crippen molar-refractivity contribution < 1.29 is 19.1 Å². The first-order valence-electron chi connectivity index (χ1n) is 11.0. The van der Waals surface area contributed by atoms with Gasteiger partial charge in [-0.2, -0.15) is 0 Å². The Labute approximate surface area is 198 Å². The number of benzene rings is 1. The summed E-state index contributed by atoms with van der Waals surface area (Å²) in [5.41, 5.74) is 2.57. The van der Waals surface area contributed by atoms with E-state index in [0.29, 0.717) is 59.6 Å². The van der Waals surface area contributed by atoms with Crippen LogP contribution in [0.2, 0.25) is 0 Å². The highest BCUT2D eigenvalue weighted by Crippen LogP contribution is 2.37. The number of carbonyl (C=O) groups is 2. The minimum atomic E-state index is -0.269. The van der Waals surface area contributed by atoms with Gasteiger partial charge >= 0.3 is 0 Å². The number of hydrogen-bond acceptors (Lipinski definition) is 9. The molecule has 0 aliphatic carbocycles. The van der Waals surface area contributed by atoms with Gasteiger partial charge in [-0.1, -0.05) is 0 Å². The number of rotatable bonds is 2. The van der Waals surface area contributed by atoms with Crippen LogP contribution in [0.4, 0.5) is 17.3 Å². The average molecular weight is 468 g/mol. The number of aromatic nitrogens is 2. The second-order valence-corrected chi connectivity index (χ2v) is 8.24. The van der Waals surface area contributed by atoms with E-state index in [1.165, 1.54) is 6.33 Å². The maximum absolute atomic E-state index is 12.7. The van der Waals surface area contributed by atoms with Gasteiger partial charge in [-0.3, -0.25) is 14.5 Å². The Kier molecular flexibility index (Phi) is 6.82. The molecule has 1 aromatic carbocycles.